The molecule has 0 heterocycles. The Morgan fingerprint density at radius 3 is 2.67 bits per heavy atom. The van der Waals surface area contributed by atoms with E-state index in [0.717, 1.165) is 6.07 Å². The molecule has 0 unspecified atom stereocenters. The normalized spacial score (nSPS) is 9.92. The van der Waals surface area contributed by atoms with Crippen LogP contribution in [0.1, 0.15) is 0 Å². The second-order valence-electron chi connectivity index (χ2n) is 1.95. The van der Waals surface area contributed by atoms with Gasteiger partial charge < -0.3 is 0 Å². The summed E-state index contributed by atoms with van der Waals surface area (Å²) in [5.41, 5.74) is -0.498. The van der Waals surface area contributed by atoms with E-state index in [9.17, 15) is 14.5 Å². The van der Waals surface area contributed by atoms with Gasteiger partial charge in [0.2, 0.25) is 5.82 Å². The molecule has 0 radical (unpaired) electrons. The van der Waals surface area contributed by atoms with E-state index in [4.69, 9.17) is 0 Å². The minimum atomic E-state index is -0.796. The largest absolute Gasteiger partial charge is 0.305 e. The molecule has 0 aromatic heterocycles. The van der Waals surface area contributed by atoms with Crippen molar-refractivity contribution in [2.75, 3.05) is 0 Å². The molecule has 12 heavy (non-hydrogen) atoms. The highest BCUT2D eigenvalue weighted by atomic mass is 127. The van der Waals surface area contributed by atoms with E-state index in [1.54, 1.807) is 22.6 Å². The number of hydrogen-bond acceptors (Lipinski definition) is 2. The highest BCUT2D eigenvalue weighted by Gasteiger charge is 2.17. The van der Waals surface area contributed by atoms with Gasteiger partial charge in [-0.1, -0.05) is 0 Å². The van der Waals surface area contributed by atoms with Crippen molar-refractivity contribution in [3.8, 4) is 0 Å². The van der Waals surface area contributed by atoms with Gasteiger partial charge >= 0.3 is 5.69 Å². The Kier molecular flexibility index (Phi) is 2.99. The van der Waals surface area contributed by atoms with Crippen molar-refractivity contribution in [1.29, 1.82) is 0 Å². The van der Waals surface area contributed by atoms with Crippen molar-refractivity contribution >= 4 is 44.2 Å². The van der Waals surface area contributed by atoms with Gasteiger partial charge in [-0.15, -0.1) is 0 Å². The molecule has 0 N–H and O–H groups in total. The molecule has 0 atom stereocenters. The highest BCUT2D eigenvalue weighted by molar-refractivity contribution is 14.1. The second-order valence-corrected chi connectivity index (χ2v) is 3.88. The number of nitro benzene ring substituents is 1. The average Bonchev–Trinajstić information content (AvgIpc) is 2.00. The van der Waals surface area contributed by atoms with Crippen molar-refractivity contribution in [3.05, 3.63) is 36.1 Å². The first-order valence-electron chi connectivity index (χ1n) is 2.82. The summed E-state index contributed by atoms with van der Waals surface area (Å²) in [5.74, 6) is -0.796. The molecule has 3 nitrogen and oxygen atoms in total. The Hall–Kier alpha value is -0.240. The predicted octanol–water partition coefficient (Wildman–Crippen LogP) is 3.10. The molecule has 1 aromatic carbocycles. The summed E-state index contributed by atoms with van der Waals surface area (Å²) in [5, 5.41) is 10.2. The third-order valence-electron chi connectivity index (χ3n) is 1.21. The number of rotatable bonds is 1. The molecule has 0 aliphatic rings. The molecule has 6 heteroatoms. The van der Waals surface area contributed by atoms with Crippen LogP contribution in [0.2, 0.25) is 0 Å². The molecule has 0 amide bonds. The van der Waals surface area contributed by atoms with Crippen molar-refractivity contribution in [3.63, 3.8) is 0 Å². The summed E-state index contributed by atoms with van der Waals surface area (Å²) in [6.07, 6.45) is 0. The average molecular weight is 346 g/mol. The molecule has 1 aromatic rings. The minimum absolute atomic E-state index is 0.224. The zero-order valence-corrected chi connectivity index (χ0v) is 9.30. The number of hydrogen-bond donors (Lipinski definition) is 0. The maximum absolute atomic E-state index is 13.0. The topological polar surface area (TPSA) is 43.1 Å². The van der Waals surface area contributed by atoms with Gasteiger partial charge in [0.05, 0.1) is 8.49 Å². The Morgan fingerprint density at radius 1 is 1.58 bits per heavy atom. The van der Waals surface area contributed by atoms with Gasteiger partial charge in [0.25, 0.3) is 0 Å². The molecule has 0 bridgehead atoms. The number of halogens is 3. The molecule has 0 spiro atoms. The van der Waals surface area contributed by atoms with Crippen LogP contribution in [0.5, 0.6) is 0 Å². The van der Waals surface area contributed by atoms with E-state index in [0.29, 0.717) is 4.47 Å². The van der Waals surface area contributed by atoms with Crippen molar-refractivity contribution in [1.82, 2.24) is 0 Å². The fraction of sp³-hybridized carbons (Fsp3) is 0. The smallest absolute Gasteiger partial charge is 0.258 e. The first kappa shape index (κ1) is 9.85. The van der Waals surface area contributed by atoms with Crippen LogP contribution in [0.3, 0.4) is 0 Å². The lowest BCUT2D eigenvalue weighted by Crippen LogP contribution is -1.94. The van der Waals surface area contributed by atoms with Gasteiger partial charge in [-0.05, 0) is 44.6 Å². The van der Waals surface area contributed by atoms with E-state index in [1.165, 1.54) is 6.07 Å². The van der Waals surface area contributed by atoms with E-state index in [2.05, 4.69) is 15.9 Å². The van der Waals surface area contributed by atoms with Crippen LogP contribution in [0, 0.1) is 19.5 Å². The molecule has 0 saturated heterocycles. The Bertz CT molecular complexity index is 345. The van der Waals surface area contributed by atoms with Crippen LogP contribution in [-0.4, -0.2) is 4.92 Å². The fourth-order valence-corrected chi connectivity index (χ4v) is 1.42. The lowest BCUT2D eigenvalue weighted by molar-refractivity contribution is -0.387. The van der Waals surface area contributed by atoms with Gasteiger partial charge in [-0.2, -0.15) is 4.39 Å². The van der Waals surface area contributed by atoms with Crippen LogP contribution < -0.4 is 0 Å². The summed E-state index contributed by atoms with van der Waals surface area (Å²) in [6, 6.07) is 2.57. The van der Waals surface area contributed by atoms with Crippen LogP contribution in [0.25, 0.3) is 0 Å². The SMILES string of the molecule is O=[N+]([O-])c1ccc(Br)c(I)c1F. The van der Waals surface area contributed by atoms with E-state index in [1.807, 2.05) is 0 Å². The zero-order valence-electron chi connectivity index (χ0n) is 5.55. The van der Waals surface area contributed by atoms with E-state index < -0.39 is 16.4 Å². The second kappa shape index (κ2) is 3.65. The number of benzene rings is 1. The van der Waals surface area contributed by atoms with Gasteiger partial charge in [0.1, 0.15) is 0 Å². The number of nitro groups is 1. The quantitative estimate of drug-likeness (QED) is 0.340. The van der Waals surface area contributed by atoms with Crippen LogP contribution in [0.4, 0.5) is 10.1 Å². The Balaban J connectivity index is 3.36. The molecule has 0 fully saturated rings. The summed E-state index contributed by atoms with van der Waals surface area (Å²) in [7, 11) is 0. The summed E-state index contributed by atoms with van der Waals surface area (Å²) in [4.78, 5) is 9.49. The first-order chi connectivity index (χ1) is 5.54. The lowest BCUT2D eigenvalue weighted by atomic mass is 10.3. The van der Waals surface area contributed by atoms with Crippen LogP contribution >= 0.6 is 38.5 Å². The number of nitrogens with zero attached hydrogens (tertiary/aromatic N) is 1. The lowest BCUT2D eigenvalue weighted by Gasteiger charge is -1.97. The van der Waals surface area contributed by atoms with Crippen molar-refractivity contribution in [2.24, 2.45) is 0 Å². The minimum Gasteiger partial charge on any atom is -0.258 e. The van der Waals surface area contributed by atoms with Crippen molar-refractivity contribution in [2.45, 2.75) is 0 Å². The first-order valence-corrected chi connectivity index (χ1v) is 4.69. The van der Waals surface area contributed by atoms with Crippen LogP contribution in [0.15, 0.2) is 16.6 Å². The maximum Gasteiger partial charge on any atom is 0.305 e. The maximum atomic E-state index is 13.0. The van der Waals surface area contributed by atoms with Gasteiger partial charge in [-0.25, -0.2) is 0 Å². The Labute approximate surface area is 89.4 Å². The molecule has 64 valence electrons. The highest BCUT2D eigenvalue weighted by Crippen LogP contribution is 2.28. The molecule has 0 aliphatic heterocycles. The van der Waals surface area contributed by atoms with Gasteiger partial charge in [-0.3, -0.25) is 10.1 Å². The summed E-state index contributed by atoms with van der Waals surface area (Å²) >= 11 is 4.76. The van der Waals surface area contributed by atoms with Gasteiger partial charge in [0, 0.05) is 10.5 Å². The van der Waals surface area contributed by atoms with E-state index in [-0.39, 0.29) is 3.57 Å². The zero-order chi connectivity index (χ0) is 9.30. The van der Waals surface area contributed by atoms with E-state index >= 15 is 0 Å². The van der Waals surface area contributed by atoms with Gasteiger partial charge in [0.15, 0.2) is 0 Å². The fourth-order valence-electron chi connectivity index (χ4n) is 0.657. The summed E-state index contributed by atoms with van der Waals surface area (Å²) < 4.78 is 13.8. The molecular formula is C6H2BrFINO2. The third kappa shape index (κ3) is 1.74. The monoisotopic (exact) mass is 345 g/mol. The third-order valence-corrected chi connectivity index (χ3v) is 3.67. The van der Waals surface area contributed by atoms with Crippen molar-refractivity contribution < 1.29 is 9.31 Å². The Morgan fingerprint density at radius 2 is 2.17 bits per heavy atom. The molecule has 1 rings (SSSR count). The summed E-state index contributed by atoms with van der Waals surface area (Å²) in [6.45, 7) is 0. The molecular weight excluding hydrogens is 344 g/mol. The predicted molar refractivity (Wildman–Crippen MR) is 53.5 cm³/mol. The molecule has 0 saturated carbocycles. The molecule has 0 aliphatic carbocycles. The standard InChI is InChI=1S/C6H2BrFINO2/c7-3-1-2-4(10(11)12)5(8)6(3)9/h1-2H. The van der Waals surface area contributed by atoms with Crippen LogP contribution in [-0.2, 0) is 0 Å².